The predicted molar refractivity (Wildman–Crippen MR) is 118 cm³/mol. The van der Waals surface area contributed by atoms with Gasteiger partial charge in [0.1, 0.15) is 0 Å². The molecule has 0 amide bonds. The molecule has 0 radical (unpaired) electrons. The number of hydrogen-bond acceptors (Lipinski definition) is 4. The van der Waals surface area contributed by atoms with Crippen LogP contribution in [0.2, 0.25) is 5.02 Å². The first-order chi connectivity index (χ1) is 14.1. The van der Waals surface area contributed by atoms with Crippen LogP contribution in [0.25, 0.3) is 0 Å². The predicted octanol–water partition coefficient (Wildman–Crippen LogP) is 5.83. The van der Waals surface area contributed by atoms with E-state index in [1.807, 2.05) is 61.5 Å². The number of allylic oxidation sites excluding steroid dienone is 1. The second-order valence-corrected chi connectivity index (χ2v) is 7.63. The average molecular weight is 411 g/mol. The van der Waals surface area contributed by atoms with Gasteiger partial charge in [-0.05, 0) is 36.6 Å². The van der Waals surface area contributed by atoms with Crippen molar-refractivity contribution in [1.29, 1.82) is 0 Å². The van der Waals surface area contributed by atoms with Gasteiger partial charge in [-0.2, -0.15) is 5.10 Å². The molecule has 1 heterocycles. The van der Waals surface area contributed by atoms with Crippen molar-refractivity contribution in [2.75, 3.05) is 6.61 Å². The fourth-order valence-electron chi connectivity index (χ4n) is 3.52. The Hall–Kier alpha value is -2.59. The number of carbonyl (C=O) groups is 1. The van der Waals surface area contributed by atoms with Gasteiger partial charge in [-0.15, -0.1) is 0 Å². The normalized spacial score (nSPS) is 16.2. The molecule has 0 aromatic heterocycles. The van der Waals surface area contributed by atoms with E-state index >= 15 is 0 Å². The first kappa shape index (κ1) is 21.1. The number of esters is 1. The monoisotopic (exact) mass is 410 g/mol. The number of hydrogen-bond donors (Lipinski definition) is 1. The summed E-state index contributed by atoms with van der Waals surface area (Å²) in [6.07, 6.45) is 4.24. The van der Waals surface area contributed by atoms with E-state index in [0.717, 1.165) is 42.5 Å². The number of halogens is 1. The van der Waals surface area contributed by atoms with E-state index in [4.69, 9.17) is 16.3 Å². The Morgan fingerprint density at radius 1 is 1.10 bits per heavy atom. The van der Waals surface area contributed by atoms with Crippen molar-refractivity contribution in [3.8, 4) is 0 Å². The van der Waals surface area contributed by atoms with Crippen LogP contribution in [-0.4, -0.2) is 18.3 Å². The molecule has 0 bridgehead atoms. The highest BCUT2D eigenvalue weighted by molar-refractivity contribution is 6.30. The Labute approximate surface area is 177 Å². The molecule has 5 heteroatoms. The van der Waals surface area contributed by atoms with E-state index in [1.165, 1.54) is 0 Å². The molecule has 0 saturated carbocycles. The van der Waals surface area contributed by atoms with Crippen LogP contribution >= 0.6 is 11.6 Å². The fourth-order valence-corrected chi connectivity index (χ4v) is 3.71. The molecule has 0 spiro atoms. The Bertz CT molecular complexity index is 906. The van der Waals surface area contributed by atoms with Gasteiger partial charge in [0.25, 0.3) is 0 Å². The van der Waals surface area contributed by atoms with E-state index in [0.29, 0.717) is 22.9 Å². The summed E-state index contributed by atoms with van der Waals surface area (Å²) in [5, 5.41) is 5.20. The smallest absolute Gasteiger partial charge is 0.336 e. The third kappa shape index (κ3) is 5.27. The standard InChI is InChI=1S/C24H27ClN2O2/c1-3-4-5-9-15-29-24(28)21-17(2)26-27-23(18-11-7-6-8-12-18)22(21)19-13-10-14-20(25)16-19/h6-8,10-14,16,22,26H,3-5,9,15H2,1-2H3. The summed E-state index contributed by atoms with van der Waals surface area (Å²) in [6, 6.07) is 17.5. The zero-order valence-electron chi connectivity index (χ0n) is 17.0. The van der Waals surface area contributed by atoms with Gasteiger partial charge in [0.15, 0.2) is 0 Å². The first-order valence-electron chi connectivity index (χ1n) is 10.1. The number of hydrazone groups is 1. The van der Waals surface area contributed by atoms with Crippen molar-refractivity contribution in [3.63, 3.8) is 0 Å². The molecule has 152 valence electrons. The third-order valence-corrected chi connectivity index (χ3v) is 5.25. The lowest BCUT2D eigenvalue weighted by Crippen LogP contribution is -2.31. The number of unbranched alkanes of at least 4 members (excludes halogenated alkanes) is 3. The van der Waals surface area contributed by atoms with E-state index in [9.17, 15) is 4.79 Å². The van der Waals surface area contributed by atoms with E-state index in [2.05, 4.69) is 17.5 Å². The highest BCUT2D eigenvalue weighted by Gasteiger charge is 2.34. The van der Waals surface area contributed by atoms with Gasteiger partial charge in [0.05, 0.1) is 23.8 Å². The minimum Gasteiger partial charge on any atom is -0.462 e. The molecule has 0 fully saturated rings. The lowest BCUT2D eigenvalue weighted by Gasteiger charge is -2.28. The van der Waals surface area contributed by atoms with Crippen LogP contribution in [0.5, 0.6) is 0 Å². The summed E-state index contributed by atoms with van der Waals surface area (Å²) in [7, 11) is 0. The molecule has 2 aromatic rings. The zero-order valence-corrected chi connectivity index (χ0v) is 17.7. The molecule has 1 aliphatic heterocycles. The van der Waals surface area contributed by atoms with E-state index in [-0.39, 0.29) is 11.9 Å². The lowest BCUT2D eigenvalue weighted by atomic mass is 9.82. The number of ether oxygens (including phenoxy) is 1. The molecular weight excluding hydrogens is 384 g/mol. The van der Waals surface area contributed by atoms with Gasteiger partial charge in [-0.1, -0.05) is 80.3 Å². The minimum absolute atomic E-state index is 0.306. The summed E-state index contributed by atoms with van der Waals surface area (Å²) in [6.45, 7) is 4.44. The Kier molecular flexibility index (Phi) is 7.48. The molecule has 1 atom stereocenters. The van der Waals surface area contributed by atoms with Crippen LogP contribution in [0, 0.1) is 0 Å². The van der Waals surface area contributed by atoms with Crippen LogP contribution < -0.4 is 5.43 Å². The molecule has 1 aliphatic rings. The number of nitrogens with zero attached hydrogens (tertiary/aromatic N) is 1. The van der Waals surface area contributed by atoms with Gasteiger partial charge in [0.2, 0.25) is 0 Å². The molecule has 3 rings (SSSR count). The van der Waals surface area contributed by atoms with Crippen LogP contribution in [0.15, 0.2) is 71.0 Å². The summed E-state index contributed by atoms with van der Waals surface area (Å²) in [5.74, 6) is -0.653. The van der Waals surface area contributed by atoms with Crippen LogP contribution in [-0.2, 0) is 9.53 Å². The van der Waals surface area contributed by atoms with Crippen LogP contribution in [0.1, 0.15) is 56.6 Å². The largest absolute Gasteiger partial charge is 0.462 e. The number of rotatable bonds is 8. The van der Waals surface area contributed by atoms with Crippen LogP contribution in [0.3, 0.4) is 0 Å². The number of benzene rings is 2. The second kappa shape index (κ2) is 10.3. The van der Waals surface area contributed by atoms with Crippen molar-refractivity contribution in [1.82, 2.24) is 5.43 Å². The topological polar surface area (TPSA) is 50.7 Å². The maximum Gasteiger partial charge on any atom is 0.336 e. The average Bonchev–Trinajstić information content (AvgIpc) is 2.73. The van der Waals surface area contributed by atoms with Crippen molar-refractivity contribution >= 4 is 23.3 Å². The van der Waals surface area contributed by atoms with E-state index < -0.39 is 0 Å². The minimum atomic E-state index is -0.347. The maximum atomic E-state index is 13.1. The van der Waals surface area contributed by atoms with Gasteiger partial charge < -0.3 is 4.74 Å². The maximum absolute atomic E-state index is 13.1. The second-order valence-electron chi connectivity index (χ2n) is 7.20. The molecule has 2 aromatic carbocycles. The molecular formula is C24H27ClN2O2. The van der Waals surface area contributed by atoms with Crippen molar-refractivity contribution in [2.45, 2.75) is 45.4 Å². The summed E-state index contributed by atoms with van der Waals surface area (Å²) in [4.78, 5) is 13.1. The highest BCUT2D eigenvalue weighted by Crippen LogP contribution is 2.35. The summed E-state index contributed by atoms with van der Waals surface area (Å²) < 4.78 is 5.64. The third-order valence-electron chi connectivity index (χ3n) is 5.01. The Morgan fingerprint density at radius 3 is 2.62 bits per heavy atom. The Balaban J connectivity index is 1.93. The Morgan fingerprint density at radius 2 is 1.90 bits per heavy atom. The molecule has 1 unspecified atom stereocenters. The lowest BCUT2D eigenvalue weighted by molar-refractivity contribution is -0.139. The molecule has 1 N–H and O–H groups in total. The zero-order chi connectivity index (χ0) is 20.6. The van der Waals surface area contributed by atoms with Crippen molar-refractivity contribution in [2.24, 2.45) is 5.10 Å². The fraction of sp³-hybridized carbons (Fsp3) is 0.333. The summed E-state index contributed by atoms with van der Waals surface area (Å²) in [5.41, 5.74) is 6.94. The highest BCUT2D eigenvalue weighted by atomic mass is 35.5. The van der Waals surface area contributed by atoms with E-state index in [1.54, 1.807) is 0 Å². The van der Waals surface area contributed by atoms with Crippen LogP contribution in [0.4, 0.5) is 0 Å². The van der Waals surface area contributed by atoms with Gasteiger partial charge in [-0.3, -0.25) is 5.43 Å². The number of carbonyl (C=O) groups excluding carboxylic acids is 1. The molecule has 0 aliphatic carbocycles. The van der Waals surface area contributed by atoms with Crippen molar-refractivity contribution < 1.29 is 9.53 Å². The van der Waals surface area contributed by atoms with Gasteiger partial charge in [-0.25, -0.2) is 4.79 Å². The number of nitrogens with one attached hydrogen (secondary N) is 1. The summed E-state index contributed by atoms with van der Waals surface area (Å²) >= 11 is 6.27. The molecule has 29 heavy (non-hydrogen) atoms. The molecule has 0 saturated heterocycles. The molecule has 4 nitrogen and oxygen atoms in total. The first-order valence-corrected chi connectivity index (χ1v) is 10.5. The van der Waals surface area contributed by atoms with Gasteiger partial charge >= 0.3 is 5.97 Å². The van der Waals surface area contributed by atoms with Gasteiger partial charge in [0, 0.05) is 10.7 Å². The SMILES string of the molecule is CCCCCCOC(=O)C1=C(C)NN=C(c2ccccc2)C1c1cccc(Cl)c1. The van der Waals surface area contributed by atoms with Crippen molar-refractivity contribution in [3.05, 3.63) is 82.0 Å². The quantitative estimate of drug-likeness (QED) is 0.440.